The molecule has 0 fully saturated rings. The highest BCUT2D eigenvalue weighted by atomic mass is 16.5. The highest BCUT2D eigenvalue weighted by Gasteiger charge is 2.14. The molecule has 0 aromatic carbocycles. The van der Waals surface area contributed by atoms with Gasteiger partial charge < -0.3 is 15.6 Å². The molecule has 0 unspecified atom stereocenters. The van der Waals surface area contributed by atoms with E-state index in [1.807, 2.05) is 0 Å². The van der Waals surface area contributed by atoms with Crippen molar-refractivity contribution in [3.05, 3.63) is 5.82 Å². The van der Waals surface area contributed by atoms with Gasteiger partial charge in [0.25, 0.3) is 0 Å². The second-order valence-electron chi connectivity index (χ2n) is 3.63. The molecule has 0 amide bonds. The molecule has 0 aliphatic carbocycles. The van der Waals surface area contributed by atoms with Gasteiger partial charge in [-0.25, -0.2) is 4.68 Å². The summed E-state index contributed by atoms with van der Waals surface area (Å²) in [5, 5.41) is 19.6. The molecule has 100 valence electrons. The van der Waals surface area contributed by atoms with Gasteiger partial charge in [-0.1, -0.05) is 0 Å². The normalized spacial score (nSPS) is 12.1. The zero-order valence-electron chi connectivity index (χ0n) is 9.94. The standard InChI is InChI=1S/C9H15N5O4/c1-18-8(15)4-5-14-7(11-12-13-14)3-2-6(10)9(16)17/h6H,2-5,10H2,1H3,(H,16,17)/t6-/m0/s1. The van der Waals surface area contributed by atoms with Gasteiger partial charge in [-0.3, -0.25) is 9.59 Å². The molecule has 0 saturated heterocycles. The van der Waals surface area contributed by atoms with E-state index < -0.39 is 12.0 Å². The number of hydrogen-bond donors (Lipinski definition) is 2. The van der Waals surface area contributed by atoms with Crippen LogP contribution in [0.1, 0.15) is 18.7 Å². The lowest BCUT2D eigenvalue weighted by Gasteiger charge is -2.06. The van der Waals surface area contributed by atoms with E-state index in [0.29, 0.717) is 12.2 Å². The molecule has 0 spiro atoms. The molecule has 3 N–H and O–H groups in total. The Morgan fingerprint density at radius 1 is 1.56 bits per heavy atom. The Hall–Kier alpha value is -2.03. The van der Waals surface area contributed by atoms with Crippen LogP contribution in [0.25, 0.3) is 0 Å². The number of carboxylic acids is 1. The Morgan fingerprint density at radius 3 is 2.89 bits per heavy atom. The van der Waals surface area contributed by atoms with Crippen molar-refractivity contribution in [2.45, 2.75) is 31.8 Å². The predicted octanol–water partition coefficient (Wildman–Crippen LogP) is -1.42. The summed E-state index contributed by atoms with van der Waals surface area (Å²) in [7, 11) is 1.30. The maximum atomic E-state index is 11.0. The lowest BCUT2D eigenvalue weighted by molar-refractivity contribution is -0.141. The molecular weight excluding hydrogens is 242 g/mol. The molecule has 1 heterocycles. The van der Waals surface area contributed by atoms with E-state index in [0.717, 1.165) is 0 Å². The van der Waals surface area contributed by atoms with Gasteiger partial charge in [-0.2, -0.15) is 0 Å². The zero-order chi connectivity index (χ0) is 13.5. The van der Waals surface area contributed by atoms with Crippen LogP contribution in [-0.4, -0.2) is 50.4 Å². The summed E-state index contributed by atoms with van der Waals surface area (Å²) in [5.41, 5.74) is 5.38. The molecular formula is C9H15N5O4. The molecule has 9 heteroatoms. The number of methoxy groups -OCH3 is 1. The van der Waals surface area contributed by atoms with Crippen molar-refractivity contribution in [3.8, 4) is 0 Å². The Kier molecular flexibility index (Phi) is 5.18. The van der Waals surface area contributed by atoms with Crippen LogP contribution >= 0.6 is 0 Å². The van der Waals surface area contributed by atoms with Crippen molar-refractivity contribution in [1.82, 2.24) is 20.2 Å². The summed E-state index contributed by atoms with van der Waals surface area (Å²) in [6.07, 6.45) is 0.717. The van der Waals surface area contributed by atoms with Crippen molar-refractivity contribution in [2.24, 2.45) is 5.73 Å². The summed E-state index contributed by atoms with van der Waals surface area (Å²) in [6.45, 7) is 0.289. The molecule has 0 aliphatic heterocycles. The fraction of sp³-hybridized carbons (Fsp3) is 0.667. The first-order valence-corrected chi connectivity index (χ1v) is 5.35. The average molecular weight is 257 g/mol. The number of tetrazole rings is 1. The van der Waals surface area contributed by atoms with E-state index in [-0.39, 0.29) is 25.4 Å². The van der Waals surface area contributed by atoms with E-state index in [4.69, 9.17) is 10.8 Å². The van der Waals surface area contributed by atoms with Gasteiger partial charge >= 0.3 is 11.9 Å². The summed E-state index contributed by atoms with van der Waals surface area (Å²) in [4.78, 5) is 21.5. The number of nitrogens with zero attached hydrogens (tertiary/aromatic N) is 4. The third-order valence-corrected chi connectivity index (χ3v) is 2.36. The van der Waals surface area contributed by atoms with E-state index in [9.17, 15) is 9.59 Å². The summed E-state index contributed by atoms with van der Waals surface area (Å²) < 4.78 is 5.94. The van der Waals surface area contributed by atoms with Gasteiger partial charge in [-0.05, 0) is 16.8 Å². The molecule has 1 atom stereocenters. The first kappa shape index (κ1) is 14.0. The molecule has 9 nitrogen and oxygen atoms in total. The minimum absolute atomic E-state index is 0.152. The summed E-state index contributed by atoms with van der Waals surface area (Å²) >= 11 is 0. The van der Waals surface area contributed by atoms with Gasteiger partial charge in [0.05, 0.1) is 20.1 Å². The van der Waals surface area contributed by atoms with Crippen LogP contribution in [0.2, 0.25) is 0 Å². The van der Waals surface area contributed by atoms with Crippen LogP contribution in [0.4, 0.5) is 0 Å². The number of carbonyl (C=O) groups excluding carboxylic acids is 1. The molecule has 0 aliphatic rings. The predicted molar refractivity (Wildman–Crippen MR) is 58.4 cm³/mol. The van der Waals surface area contributed by atoms with E-state index in [2.05, 4.69) is 20.3 Å². The van der Waals surface area contributed by atoms with Crippen LogP contribution in [0.5, 0.6) is 0 Å². The molecule has 1 rings (SSSR count). The smallest absolute Gasteiger partial charge is 0.320 e. The van der Waals surface area contributed by atoms with Crippen molar-refractivity contribution in [1.29, 1.82) is 0 Å². The fourth-order valence-electron chi connectivity index (χ4n) is 1.28. The monoisotopic (exact) mass is 257 g/mol. The number of aromatic nitrogens is 4. The number of hydrogen-bond acceptors (Lipinski definition) is 7. The van der Waals surface area contributed by atoms with Crippen LogP contribution in [0.3, 0.4) is 0 Å². The van der Waals surface area contributed by atoms with Crippen molar-refractivity contribution < 1.29 is 19.4 Å². The van der Waals surface area contributed by atoms with Crippen LogP contribution in [-0.2, 0) is 27.3 Å². The van der Waals surface area contributed by atoms with Gasteiger partial charge in [0.15, 0.2) is 5.82 Å². The van der Waals surface area contributed by atoms with E-state index >= 15 is 0 Å². The Bertz CT molecular complexity index is 419. The lowest BCUT2D eigenvalue weighted by Crippen LogP contribution is -2.30. The number of carbonyl (C=O) groups is 2. The van der Waals surface area contributed by atoms with Gasteiger partial charge in [0.1, 0.15) is 6.04 Å². The molecule has 0 radical (unpaired) electrons. The van der Waals surface area contributed by atoms with Gasteiger partial charge in [0, 0.05) is 6.42 Å². The van der Waals surface area contributed by atoms with Gasteiger partial charge in [0.2, 0.25) is 0 Å². The largest absolute Gasteiger partial charge is 0.480 e. The molecule has 1 aromatic rings. The number of carboxylic acid groups (broad SMARTS) is 1. The van der Waals surface area contributed by atoms with Crippen LogP contribution in [0, 0.1) is 0 Å². The topological polar surface area (TPSA) is 133 Å². The third kappa shape index (κ3) is 4.09. The van der Waals surface area contributed by atoms with Crippen molar-refractivity contribution in [2.75, 3.05) is 7.11 Å². The minimum atomic E-state index is -1.07. The second kappa shape index (κ2) is 6.64. The van der Waals surface area contributed by atoms with Crippen molar-refractivity contribution in [3.63, 3.8) is 0 Å². The molecule has 18 heavy (non-hydrogen) atoms. The molecule has 0 saturated carbocycles. The highest BCUT2D eigenvalue weighted by molar-refractivity contribution is 5.73. The number of aliphatic carboxylic acids is 1. The van der Waals surface area contributed by atoms with E-state index in [1.54, 1.807) is 0 Å². The Labute approximate surface area is 103 Å². The molecule has 1 aromatic heterocycles. The zero-order valence-corrected chi connectivity index (χ0v) is 9.94. The summed E-state index contributed by atoms with van der Waals surface area (Å²) in [5.74, 6) is -0.933. The third-order valence-electron chi connectivity index (χ3n) is 2.36. The average Bonchev–Trinajstić information content (AvgIpc) is 2.80. The summed E-state index contributed by atoms with van der Waals surface area (Å²) in [6, 6.07) is -0.948. The maximum Gasteiger partial charge on any atom is 0.320 e. The van der Waals surface area contributed by atoms with Crippen LogP contribution in [0.15, 0.2) is 0 Å². The minimum Gasteiger partial charge on any atom is -0.480 e. The number of ether oxygens (including phenoxy) is 1. The number of esters is 1. The Balaban J connectivity index is 2.49. The maximum absolute atomic E-state index is 11.0. The first-order valence-electron chi connectivity index (χ1n) is 5.35. The number of nitrogens with two attached hydrogens (primary N) is 1. The molecule has 0 bridgehead atoms. The van der Waals surface area contributed by atoms with Gasteiger partial charge in [-0.15, -0.1) is 5.10 Å². The number of rotatable bonds is 7. The highest BCUT2D eigenvalue weighted by Crippen LogP contribution is 2.01. The van der Waals surface area contributed by atoms with E-state index in [1.165, 1.54) is 11.8 Å². The Morgan fingerprint density at radius 2 is 2.28 bits per heavy atom. The second-order valence-corrected chi connectivity index (χ2v) is 3.63. The SMILES string of the molecule is COC(=O)CCn1nnnc1CC[C@H](N)C(=O)O. The quantitative estimate of drug-likeness (QED) is 0.568. The lowest BCUT2D eigenvalue weighted by atomic mass is 10.1. The first-order chi connectivity index (χ1) is 8.54. The fourth-order valence-corrected chi connectivity index (χ4v) is 1.28. The number of aryl methyl sites for hydroxylation is 2. The van der Waals surface area contributed by atoms with Crippen LogP contribution < -0.4 is 5.73 Å². The van der Waals surface area contributed by atoms with Crippen molar-refractivity contribution >= 4 is 11.9 Å².